The summed E-state index contributed by atoms with van der Waals surface area (Å²) in [6.45, 7) is 0.589. The van der Waals surface area contributed by atoms with Crippen LogP contribution in [0.5, 0.6) is 5.75 Å². The normalized spacial score (nSPS) is 10.3. The molecule has 0 heterocycles. The molecule has 0 radical (unpaired) electrons. The van der Waals surface area contributed by atoms with Gasteiger partial charge < -0.3 is 10.1 Å². The fraction of sp³-hybridized carbons (Fsp3) is 0.0952. The highest BCUT2D eigenvalue weighted by atomic mass is 19.1. The van der Waals surface area contributed by atoms with Crippen molar-refractivity contribution in [1.29, 1.82) is 0 Å². The van der Waals surface area contributed by atoms with Crippen LogP contribution in [0.15, 0.2) is 78.9 Å². The van der Waals surface area contributed by atoms with Gasteiger partial charge in [-0.1, -0.05) is 30.3 Å². The predicted molar refractivity (Wildman–Crippen MR) is 96.4 cm³/mol. The maximum Gasteiger partial charge on any atom is 0.255 e. The Bertz CT molecular complexity index is 815. The summed E-state index contributed by atoms with van der Waals surface area (Å²) in [5.41, 5.74) is 2.29. The predicted octanol–water partition coefficient (Wildman–Crippen LogP) is 4.70. The highest BCUT2D eigenvalue weighted by Gasteiger charge is 2.06. The molecule has 0 atom stereocenters. The molecule has 0 aliphatic heterocycles. The third-order valence-electron chi connectivity index (χ3n) is 3.72. The van der Waals surface area contributed by atoms with E-state index in [1.54, 1.807) is 12.1 Å². The maximum atomic E-state index is 12.9. The summed E-state index contributed by atoms with van der Waals surface area (Å²) in [5.74, 6) is 0.0991. The SMILES string of the molecule is O=C(Nc1ccc(OCCc2ccccc2)cc1)c1ccc(F)cc1. The summed E-state index contributed by atoms with van der Waals surface area (Å²) in [5, 5.41) is 2.77. The average Bonchev–Trinajstić information content (AvgIpc) is 2.64. The lowest BCUT2D eigenvalue weighted by atomic mass is 10.2. The summed E-state index contributed by atoms with van der Waals surface area (Å²) in [4.78, 5) is 12.1. The molecule has 25 heavy (non-hydrogen) atoms. The highest BCUT2D eigenvalue weighted by Crippen LogP contribution is 2.17. The molecule has 3 rings (SSSR count). The van der Waals surface area contributed by atoms with Gasteiger partial charge in [-0.2, -0.15) is 0 Å². The molecule has 126 valence electrons. The zero-order valence-electron chi connectivity index (χ0n) is 13.6. The number of amides is 1. The van der Waals surface area contributed by atoms with Gasteiger partial charge in [0.25, 0.3) is 5.91 Å². The van der Waals surface area contributed by atoms with Gasteiger partial charge in [-0.15, -0.1) is 0 Å². The molecule has 4 heteroatoms. The molecule has 0 aliphatic carbocycles. The van der Waals surface area contributed by atoms with Crippen molar-refractivity contribution in [2.75, 3.05) is 11.9 Å². The van der Waals surface area contributed by atoms with E-state index in [1.165, 1.54) is 29.8 Å². The van der Waals surface area contributed by atoms with Gasteiger partial charge in [0, 0.05) is 17.7 Å². The van der Waals surface area contributed by atoms with Crippen molar-refractivity contribution in [1.82, 2.24) is 0 Å². The van der Waals surface area contributed by atoms with Crippen LogP contribution in [-0.4, -0.2) is 12.5 Å². The second-order valence-corrected chi connectivity index (χ2v) is 5.57. The van der Waals surface area contributed by atoms with Crippen LogP contribution in [0.3, 0.4) is 0 Å². The van der Waals surface area contributed by atoms with Crippen molar-refractivity contribution >= 4 is 11.6 Å². The first-order chi connectivity index (χ1) is 12.2. The molecule has 1 amide bonds. The maximum absolute atomic E-state index is 12.9. The number of carbonyl (C=O) groups is 1. The van der Waals surface area contributed by atoms with E-state index in [-0.39, 0.29) is 11.7 Å². The molecule has 0 aliphatic rings. The first kappa shape index (κ1) is 16.7. The second-order valence-electron chi connectivity index (χ2n) is 5.57. The quantitative estimate of drug-likeness (QED) is 0.709. The molecule has 0 bridgehead atoms. The van der Waals surface area contributed by atoms with Crippen LogP contribution in [0.4, 0.5) is 10.1 Å². The lowest BCUT2D eigenvalue weighted by Crippen LogP contribution is -2.11. The Morgan fingerprint density at radius 1 is 0.880 bits per heavy atom. The standard InChI is InChI=1S/C21H18FNO2/c22-18-8-6-17(7-9-18)21(24)23-19-10-12-20(13-11-19)25-15-14-16-4-2-1-3-5-16/h1-13H,14-15H2,(H,23,24). The number of halogens is 1. The third-order valence-corrected chi connectivity index (χ3v) is 3.72. The fourth-order valence-electron chi connectivity index (χ4n) is 2.37. The summed E-state index contributed by atoms with van der Waals surface area (Å²) in [6.07, 6.45) is 0.837. The molecule has 0 spiro atoms. The van der Waals surface area contributed by atoms with Crippen LogP contribution in [0.2, 0.25) is 0 Å². The van der Waals surface area contributed by atoms with Crippen molar-refractivity contribution < 1.29 is 13.9 Å². The van der Waals surface area contributed by atoms with Crippen molar-refractivity contribution in [3.05, 3.63) is 95.8 Å². The Kier molecular flexibility index (Phi) is 5.42. The zero-order valence-corrected chi connectivity index (χ0v) is 13.6. The lowest BCUT2D eigenvalue weighted by molar-refractivity contribution is 0.102. The minimum Gasteiger partial charge on any atom is -0.493 e. The van der Waals surface area contributed by atoms with Gasteiger partial charge in [0.15, 0.2) is 0 Å². The number of ether oxygens (including phenoxy) is 1. The molecule has 3 nitrogen and oxygen atoms in total. The number of benzene rings is 3. The minimum absolute atomic E-state index is 0.280. The van der Waals surface area contributed by atoms with E-state index >= 15 is 0 Å². The van der Waals surface area contributed by atoms with E-state index in [4.69, 9.17) is 4.74 Å². The van der Waals surface area contributed by atoms with Gasteiger partial charge in [0.2, 0.25) is 0 Å². The third kappa shape index (κ3) is 4.91. The molecule has 0 fully saturated rings. The highest BCUT2D eigenvalue weighted by molar-refractivity contribution is 6.04. The summed E-state index contributed by atoms with van der Waals surface area (Å²) < 4.78 is 18.6. The largest absolute Gasteiger partial charge is 0.493 e. The van der Waals surface area contributed by atoms with Crippen molar-refractivity contribution in [3.63, 3.8) is 0 Å². The fourth-order valence-corrected chi connectivity index (χ4v) is 2.37. The Balaban J connectivity index is 1.51. The van der Waals surface area contributed by atoms with E-state index < -0.39 is 0 Å². The Morgan fingerprint density at radius 3 is 2.24 bits per heavy atom. The van der Waals surface area contributed by atoms with Crippen LogP contribution >= 0.6 is 0 Å². The second kappa shape index (κ2) is 8.11. The molecular weight excluding hydrogens is 317 g/mol. The van der Waals surface area contributed by atoms with Gasteiger partial charge in [0.05, 0.1) is 6.61 Å². The number of carbonyl (C=O) groups excluding carboxylic acids is 1. The lowest BCUT2D eigenvalue weighted by Gasteiger charge is -2.08. The van der Waals surface area contributed by atoms with E-state index in [0.29, 0.717) is 17.9 Å². The van der Waals surface area contributed by atoms with Gasteiger partial charge in [-0.3, -0.25) is 4.79 Å². The number of hydrogen-bond donors (Lipinski definition) is 1. The minimum atomic E-state index is -0.367. The Labute approximate surface area is 146 Å². The van der Waals surface area contributed by atoms with Gasteiger partial charge in [-0.25, -0.2) is 4.39 Å². The van der Waals surface area contributed by atoms with E-state index in [0.717, 1.165) is 12.2 Å². The molecule has 0 saturated heterocycles. The van der Waals surface area contributed by atoms with Gasteiger partial charge >= 0.3 is 0 Å². The molecule has 0 unspecified atom stereocenters. The van der Waals surface area contributed by atoms with E-state index in [2.05, 4.69) is 17.4 Å². The smallest absolute Gasteiger partial charge is 0.255 e. The average molecular weight is 335 g/mol. The molecule has 1 N–H and O–H groups in total. The van der Waals surface area contributed by atoms with Crippen LogP contribution in [0, 0.1) is 5.82 Å². The van der Waals surface area contributed by atoms with Crippen LogP contribution in [0.1, 0.15) is 15.9 Å². The Hall–Kier alpha value is -3.14. The van der Waals surface area contributed by atoms with Crippen LogP contribution in [-0.2, 0) is 6.42 Å². The molecule has 3 aromatic carbocycles. The first-order valence-corrected chi connectivity index (χ1v) is 8.04. The first-order valence-electron chi connectivity index (χ1n) is 8.04. The molecule has 3 aromatic rings. The van der Waals surface area contributed by atoms with Crippen LogP contribution < -0.4 is 10.1 Å². The zero-order chi connectivity index (χ0) is 17.5. The van der Waals surface area contributed by atoms with Gasteiger partial charge in [0.1, 0.15) is 11.6 Å². The number of hydrogen-bond acceptors (Lipinski definition) is 2. The molecule has 0 aromatic heterocycles. The number of anilines is 1. The van der Waals surface area contributed by atoms with E-state index in [1.807, 2.05) is 30.3 Å². The van der Waals surface area contributed by atoms with Crippen LogP contribution in [0.25, 0.3) is 0 Å². The summed E-state index contributed by atoms with van der Waals surface area (Å²) in [6, 6.07) is 22.7. The Morgan fingerprint density at radius 2 is 1.56 bits per heavy atom. The molecular formula is C21H18FNO2. The van der Waals surface area contributed by atoms with Crippen molar-refractivity contribution in [2.45, 2.75) is 6.42 Å². The van der Waals surface area contributed by atoms with E-state index in [9.17, 15) is 9.18 Å². The molecule has 0 saturated carbocycles. The summed E-state index contributed by atoms with van der Waals surface area (Å²) >= 11 is 0. The van der Waals surface area contributed by atoms with Crippen molar-refractivity contribution in [2.24, 2.45) is 0 Å². The monoisotopic (exact) mass is 335 g/mol. The number of rotatable bonds is 6. The summed E-state index contributed by atoms with van der Waals surface area (Å²) in [7, 11) is 0. The topological polar surface area (TPSA) is 38.3 Å². The van der Waals surface area contributed by atoms with Crippen molar-refractivity contribution in [3.8, 4) is 5.75 Å². The van der Waals surface area contributed by atoms with Gasteiger partial charge in [-0.05, 0) is 54.1 Å². The number of nitrogens with one attached hydrogen (secondary N) is 1.